The highest BCUT2D eigenvalue weighted by molar-refractivity contribution is 7.88. The smallest absolute Gasteiger partial charge is 0.208 e. The summed E-state index contributed by atoms with van der Waals surface area (Å²) < 4.78 is 38.9. The van der Waals surface area contributed by atoms with E-state index in [1.807, 2.05) is 11.0 Å². The van der Waals surface area contributed by atoms with Gasteiger partial charge in [0, 0.05) is 31.1 Å². The lowest BCUT2D eigenvalue weighted by atomic mass is 9.98. The van der Waals surface area contributed by atoms with Crippen molar-refractivity contribution in [2.24, 2.45) is 5.92 Å². The normalized spacial score (nSPS) is 17.6. The number of sulfonamides is 1. The Morgan fingerprint density at radius 1 is 1.42 bits per heavy atom. The second kappa shape index (κ2) is 8.12. The zero-order chi connectivity index (χ0) is 18.0. The number of piperidine rings is 1. The largest absolute Gasteiger partial charge is 0.356 e. The van der Waals surface area contributed by atoms with Crippen molar-refractivity contribution in [2.75, 3.05) is 30.8 Å². The first-order valence-electron chi connectivity index (χ1n) is 7.91. The van der Waals surface area contributed by atoms with Gasteiger partial charge in [0.2, 0.25) is 10.0 Å². The van der Waals surface area contributed by atoms with Crippen LogP contribution in [0.15, 0.2) is 18.5 Å². The van der Waals surface area contributed by atoms with E-state index in [1.54, 1.807) is 0 Å². The molecule has 7 nitrogen and oxygen atoms in total. The number of nitrogens with zero attached hydrogens (tertiary/aromatic N) is 4. The molecule has 2 heterocycles. The fourth-order valence-electron chi connectivity index (χ4n) is 3.09. The lowest BCUT2D eigenvalue weighted by Gasteiger charge is -2.34. The maximum absolute atomic E-state index is 13.8. The Morgan fingerprint density at radius 3 is 2.88 bits per heavy atom. The molecule has 1 N–H and O–H groups in total. The highest BCUT2D eigenvalue weighted by atomic mass is 35.5. The minimum Gasteiger partial charge on any atom is -0.356 e. The van der Waals surface area contributed by atoms with Gasteiger partial charge in [-0.15, -0.1) is 12.4 Å². The molecule has 1 unspecified atom stereocenters. The quantitative estimate of drug-likeness (QED) is 0.842. The van der Waals surface area contributed by atoms with Gasteiger partial charge in [0.25, 0.3) is 0 Å². The van der Waals surface area contributed by atoms with Crippen LogP contribution < -0.4 is 9.62 Å². The first-order chi connectivity index (χ1) is 11.9. The summed E-state index contributed by atoms with van der Waals surface area (Å²) in [6, 6.07) is 4.55. The fourth-order valence-corrected chi connectivity index (χ4v) is 3.63. The third-order valence-corrected chi connectivity index (χ3v) is 4.97. The van der Waals surface area contributed by atoms with E-state index in [0.29, 0.717) is 29.8 Å². The zero-order valence-corrected chi connectivity index (χ0v) is 15.8. The maximum atomic E-state index is 13.8. The molecule has 140 valence electrons. The van der Waals surface area contributed by atoms with Crippen molar-refractivity contribution in [3.63, 3.8) is 0 Å². The van der Waals surface area contributed by atoms with Crippen molar-refractivity contribution in [3.05, 3.63) is 29.8 Å². The van der Waals surface area contributed by atoms with Gasteiger partial charge in [-0.3, -0.25) is 0 Å². The first kappa shape index (κ1) is 20.3. The molecular weight excluding hydrogens is 381 g/mol. The van der Waals surface area contributed by atoms with E-state index >= 15 is 0 Å². The van der Waals surface area contributed by atoms with Gasteiger partial charge in [-0.25, -0.2) is 27.5 Å². The van der Waals surface area contributed by atoms with Crippen molar-refractivity contribution in [1.29, 1.82) is 5.26 Å². The van der Waals surface area contributed by atoms with Gasteiger partial charge >= 0.3 is 0 Å². The Labute approximate surface area is 157 Å². The summed E-state index contributed by atoms with van der Waals surface area (Å²) in [5, 5.41) is 9.68. The number of rotatable bonds is 4. The van der Waals surface area contributed by atoms with E-state index in [-0.39, 0.29) is 23.9 Å². The van der Waals surface area contributed by atoms with Crippen molar-refractivity contribution < 1.29 is 12.8 Å². The lowest BCUT2D eigenvalue weighted by Crippen LogP contribution is -2.41. The third kappa shape index (κ3) is 4.58. The van der Waals surface area contributed by atoms with Gasteiger partial charge in [0.05, 0.1) is 17.3 Å². The summed E-state index contributed by atoms with van der Waals surface area (Å²) in [6.45, 7) is 1.77. The number of anilines is 1. The van der Waals surface area contributed by atoms with Gasteiger partial charge in [-0.05, 0) is 24.8 Å². The van der Waals surface area contributed by atoms with E-state index < -0.39 is 15.8 Å². The highest BCUT2D eigenvalue weighted by Gasteiger charge is 2.23. The molecule has 1 aromatic carbocycles. The Kier molecular flexibility index (Phi) is 6.34. The Hall–Kier alpha value is -2.02. The molecule has 1 saturated heterocycles. The monoisotopic (exact) mass is 399 g/mol. The van der Waals surface area contributed by atoms with Crippen LogP contribution in [0.4, 0.5) is 10.2 Å². The zero-order valence-electron chi connectivity index (χ0n) is 14.1. The molecule has 2 aromatic rings. The van der Waals surface area contributed by atoms with Crippen LogP contribution >= 0.6 is 12.4 Å². The van der Waals surface area contributed by atoms with Gasteiger partial charge in [-0.2, -0.15) is 5.26 Å². The molecule has 3 rings (SSSR count). The van der Waals surface area contributed by atoms with E-state index in [2.05, 4.69) is 14.7 Å². The molecule has 0 bridgehead atoms. The Bertz CT molecular complexity index is 948. The minimum atomic E-state index is -3.23. The number of aromatic nitrogens is 2. The van der Waals surface area contributed by atoms with E-state index in [0.717, 1.165) is 25.6 Å². The number of nitriles is 1. The van der Waals surface area contributed by atoms with Crippen LogP contribution in [0.2, 0.25) is 0 Å². The standard InChI is InChI=1S/C16H18FN5O2S.ClH/c1-25(23,24)21-8-11-3-2-4-22(9-11)16-13-5-12(7-18)14(17)6-15(13)19-10-20-16;/h5-6,10-11,21H,2-4,8-9H2,1H3;1H. The molecule has 1 fully saturated rings. The summed E-state index contributed by atoms with van der Waals surface area (Å²) in [5.41, 5.74) is 0.397. The average Bonchev–Trinajstić information content (AvgIpc) is 2.58. The van der Waals surface area contributed by atoms with Crippen LogP contribution in [0.25, 0.3) is 10.9 Å². The molecule has 1 atom stereocenters. The molecule has 10 heteroatoms. The van der Waals surface area contributed by atoms with Crippen molar-refractivity contribution in [1.82, 2.24) is 14.7 Å². The molecule has 1 aliphatic heterocycles. The van der Waals surface area contributed by atoms with Crippen LogP contribution in [-0.2, 0) is 10.0 Å². The average molecular weight is 400 g/mol. The summed E-state index contributed by atoms with van der Waals surface area (Å²) in [7, 11) is -3.23. The van der Waals surface area contributed by atoms with Gasteiger partial charge in [-0.1, -0.05) is 0 Å². The number of hydrogen-bond donors (Lipinski definition) is 1. The molecule has 0 saturated carbocycles. The molecule has 0 amide bonds. The van der Waals surface area contributed by atoms with Gasteiger partial charge in [0.15, 0.2) is 0 Å². The van der Waals surface area contributed by atoms with Crippen molar-refractivity contribution in [2.45, 2.75) is 12.8 Å². The van der Waals surface area contributed by atoms with Gasteiger partial charge in [0.1, 0.15) is 24.0 Å². The molecule has 1 aromatic heterocycles. The Morgan fingerprint density at radius 2 is 2.19 bits per heavy atom. The lowest BCUT2D eigenvalue weighted by molar-refractivity contribution is 0.410. The molecule has 0 spiro atoms. The second-order valence-corrected chi connectivity index (χ2v) is 8.07. The minimum absolute atomic E-state index is 0. The SMILES string of the molecule is CS(=O)(=O)NCC1CCCN(c2ncnc3cc(F)c(C#N)cc23)C1.Cl. The van der Waals surface area contributed by atoms with Crippen LogP contribution in [0.1, 0.15) is 18.4 Å². The number of nitrogens with one attached hydrogen (secondary N) is 1. The summed E-state index contributed by atoms with van der Waals surface area (Å²) in [6.07, 6.45) is 4.33. The molecular formula is C16H19ClFN5O2S. The first-order valence-corrected chi connectivity index (χ1v) is 9.80. The highest BCUT2D eigenvalue weighted by Crippen LogP contribution is 2.29. The summed E-state index contributed by atoms with van der Waals surface area (Å²) in [4.78, 5) is 10.4. The van der Waals surface area contributed by atoms with Crippen LogP contribution in [0, 0.1) is 23.1 Å². The maximum Gasteiger partial charge on any atom is 0.208 e. The number of fused-ring (bicyclic) bond motifs is 1. The van der Waals surface area contributed by atoms with Crippen LogP contribution in [0.3, 0.4) is 0 Å². The predicted molar refractivity (Wildman–Crippen MR) is 99.2 cm³/mol. The number of benzene rings is 1. The van der Waals surface area contributed by atoms with Crippen molar-refractivity contribution in [3.8, 4) is 6.07 Å². The molecule has 0 aliphatic carbocycles. The molecule has 1 aliphatic rings. The fraction of sp³-hybridized carbons (Fsp3) is 0.438. The molecule has 26 heavy (non-hydrogen) atoms. The topological polar surface area (TPSA) is 99.0 Å². The number of halogens is 2. The van der Waals surface area contributed by atoms with Crippen molar-refractivity contribution >= 4 is 39.2 Å². The summed E-state index contributed by atoms with van der Waals surface area (Å²) in [5.74, 6) is 0.198. The van der Waals surface area contributed by atoms with Gasteiger partial charge < -0.3 is 4.90 Å². The predicted octanol–water partition coefficient (Wildman–Crippen LogP) is 1.83. The van der Waals surface area contributed by atoms with E-state index in [1.165, 1.54) is 18.5 Å². The number of hydrogen-bond acceptors (Lipinski definition) is 6. The summed E-state index contributed by atoms with van der Waals surface area (Å²) >= 11 is 0. The molecule has 0 radical (unpaired) electrons. The van der Waals surface area contributed by atoms with E-state index in [9.17, 15) is 12.8 Å². The van der Waals surface area contributed by atoms with E-state index in [4.69, 9.17) is 5.26 Å². The van der Waals surface area contributed by atoms with Crippen LogP contribution in [-0.4, -0.2) is 44.3 Å². The Balaban J connectivity index is 0.00000243. The second-order valence-electron chi connectivity index (χ2n) is 6.23. The van der Waals surface area contributed by atoms with Crippen LogP contribution in [0.5, 0.6) is 0 Å². The third-order valence-electron chi connectivity index (χ3n) is 4.28.